The molecule has 0 amide bonds. The summed E-state index contributed by atoms with van der Waals surface area (Å²) in [6.07, 6.45) is 1.71. The van der Waals surface area contributed by atoms with Crippen molar-refractivity contribution in [3.05, 3.63) is 65.3 Å². The van der Waals surface area contributed by atoms with E-state index in [0.29, 0.717) is 16.8 Å². The molecule has 5 heteroatoms. The van der Waals surface area contributed by atoms with E-state index in [0.717, 1.165) is 34.5 Å². The fraction of sp³-hybridized carbons (Fsp3) is 0.200. The third-order valence-electron chi connectivity index (χ3n) is 3.67. The summed E-state index contributed by atoms with van der Waals surface area (Å²) in [6.45, 7) is 4.94. The van der Waals surface area contributed by atoms with Crippen molar-refractivity contribution in [3.8, 4) is 11.5 Å². The van der Waals surface area contributed by atoms with Gasteiger partial charge in [-0.1, -0.05) is 25.4 Å². The highest BCUT2D eigenvalue weighted by atomic mass is 35.5. The van der Waals surface area contributed by atoms with E-state index < -0.39 is 0 Å². The molecule has 0 fully saturated rings. The second-order valence-corrected chi connectivity index (χ2v) is 6.65. The topological polar surface area (TPSA) is 60.5 Å². The predicted molar refractivity (Wildman–Crippen MR) is 104 cm³/mol. The molecule has 2 N–H and O–H groups in total. The summed E-state index contributed by atoms with van der Waals surface area (Å²) in [4.78, 5) is 8.71. The maximum Gasteiger partial charge on any atom is 0.138 e. The van der Waals surface area contributed by atoms with Crippen LogP contribution < -0.4 is 10.5 Å². The lowest BCUT2D eigenvalue weighted by Crippen LogP contribution is -2.14. The van der Waals surface area contributed by atoms with E-state index in [1.807, 2.05) is 48.5 Å². The molecule has 0 aliphatic carbocycles. The van der Waals surface area contributed by atoms with E-state index in [2.05, 4.69) is 23.8 Å². The van der Waals surface area contributed by atoms with Crippen LogP contribution in [-0.2, 0) is 0 Å². The zero-order valence-corrected chi connectivity index (χ0v) is 15.0. The molecule has 1 heterocycles. The lowest BCUT2D eigenvalue weighted by Gasteiger charge is -2.09. The van der Waals surface area contributed by atoms with Crippen LogP contribution in [0, 0.1) is 5.92 Å². The Bertz CT molecular complexity index is 904. The predicted octanol–water partition coefficient (Wildman–Crippen LogP) is 5.04. The number of ether oxygens (including phenoxy) is 1. The third-order valence-corrected chi connectivity index (χ3v) is 3.90. The van der Waals surface area contributed by atoms with Crippen molar-refractivity contribution in [3.63, 3.8) is 0 Å². The number of hydrogen-bond acceptors (Lipinski definition) is 3. The van der Waals surface area contributed by atoms with Gasteiger partial charge in [-0.3, -0.25) is 9.98 Å². The van der Waals surface area contributed by atoms with E-state index in [1.165, 1.54) is 0 Å². The van der Waals surface area contributed by atoms with E-state index >= 15 is 0 Å². The maximum absolute atomic E-state index is 6.02. The van der Waals surface area contributed by atoms with E-state index in [-0.39, 0.29) is 0 Å². The van der Waals surface area contributed by atoms with Gasteiger partial charge in [-0.05, 0) is 54.4 Å². The molecule has 0 unspecified atom stereocenters. The number of halogens is 1. The van der Waals surface area contributed by atoms with Gasteiger partial charge in [0, 0.05) is 28.7 Å². The molecule has 0 atom stereocenters. The molecule has 128 valence electrons. The second-order valence-electron chi connectivity index (χ2n) is 6.22. The highest BCUT2D eigenvalue weighted by Crippen LogP contribution is 2.30. The first-order valence-corrected chi connectivity index (χ1v) is 8.53. The Morgan fingerprint density at radius 3 is 2.64 bits per heavy atom. The van der Waals surface area contributed by atoms with E-state index in [1.54, 1.807) is 6.20 Å². The van der Waals surface area contributed by atoms with Crippen molar-refractivity contribution < 1.29 is 4.74 Å². The number of rotatable bonds is 5. The van der Waals surface area contributed by atoms with Gasteiger partial charge in [-0.2, -0.15) is 0 Å². The minimum Gasteiger partial charge on any atom is -0.457 e. The van der Waals surface area contributed by atoms with Crippen LogP contribution in [0.1, 0.15) is 19.4 Å². The van der Waals surface area contributed by atoms with Gasteiger partial charge in [0.05, 0.1) is 5.52 Å². The van der Waals surface area contributed by atoms with Crippen LogP contribution in [0.3, 0.4) is 0 Å². The number of nitrogens with zero attached hydrogens (tertiary/aromatic N) is 2. The Hall–Kier alpha value is -2.59. The van der Waals surface area contributed by atoms with Crippen LogP contribution in [-0.4, -0.2) is 17.4 Å². The minimum atomic E-state index is 0.481. The first-order chi connectivity index (χ1) is 12.0. The van der Waals surface area contributed by atoms with Gasteiger partial charge in [0.25, 0.3) is 0 Å². The average Bonchev–Trinajstić information content (AvgIpc) is 2.60. The largest absolute Gasteiger partial charge is 0.457 e. The average molecular weight is 354 g/mol. The lowest BCUT2D eigenvalue weighted by molar-refractivity contribution is 0.488. The van der Waals surface area contributed by atoms with Crippen molar-refractivity contribution in [1.82, 2.24) is 4.98 Å². The molecule has 4 nitrogen and oxygen atoms in total. The van der Waals surface area contributed by atoms with Gasteiger partial charge in [-0.25, -0.2) is 0 Å². The van der Waals surface area contributed by atoms with Crippen LogP contribution in [0.4, 0.5) is 0 Å². The number of benzene rings is 2. The molecule has 0 saturated heterocycles. The van der Waals surface area contributed by atoms with Gasteiger partial charge in [0.15, 0.2) is 0 Å². The fourth-order valence-electron chi connectivity index (χ4n) is 2.38. The Balaban J connectivity index is 1.81. The molecule has 0 saturated carbocycles. The molecule has 0 radical (unpaired) electrons. The standard InChI is InChI=1S/C20H20ClN3O/c1-13(2)12-24-20(22)14-3-6-16(7-4-14)25-19-9-10-23-18-11-15(21)5-8-17(18)19/h3-11,13H,12H2,1-2H3,(H2,22,24). The summed E-state index contributed by atoms with van der Waals surface area (Å²) in [5, 5.41) is 1.56. The number of aromatic nitrogens is 1. The highest BCUT2D eigenvalue weighted by molar-refractivity contribution is 6.31. The number of pyridine rings is 1. The van der Waals surface area contributed by atoms with Gasteiger partial charge in [0.2, 0.25) is 0 Å². The summed E-state index contributed by atoms with van der Waals surface area (Å²) >= 11 is 6.02. The zero-order valence-electron chi connectivity index (χ0n) is 14.2. The van der Waals surface area contributed by atoms with Gasteiger partial charge in [-0.15, -0.1) is 0 Å². The number of aliphatic imine (C=N–C) groups is 1. The molecule has 0 spiro atoms. The van der Waals surface area contributed by atoms with E-state index in [9.17, 15) is 0 Å². The third kappa shape index (κ3) is 4.28. The molecule has 0 aliphatic rings. The van der Waals surface area contributed by atoms with Crippen molar-refractivity contribution in [2.75, 3.05) is 6.54 Å². The molecular formula is C20H20ClN3O. The lowest BCUT2D eigenvalue weighted by atomic mass is 10.2. The van der Waals surface area contributed by atoms with Crippen LogP contribution in [0.2, 0.25) is 5.02 Å². The maximum atomic E-state index is 6.02. The van der Waals surface area contributed by atoms with Crippen LogP contribution in [0.25, 0.3) is 10.9 Å². The zero-order chi connectivity index (χ0) is 17.8. The first-order valence-electron chi connectivity index (χ1n) is 8.15. The molecule has 0 bridgehead atoms. The van der Waals surface area contributed by atoms with Crippen molar-refractivity contribution in [2.45, 2.75) is 13.8 Å². The Morgan fingerprint density at radius 2 is 1.92 bits per heavy atom. The molecule has 1 aromatic heterocycles. The summed E-state index contributed by atoms with van der Waals surface area (Å²) in [7, 11) is 0. The normalized spacial score (nSPS) is 11.9. The van der Waals surface area contributed by atoms with Crippen molar-refractivity contribution >= 4 is 28.3 Å². The number of hydrogen-bond donors (Lipinski definition) is 1. The Kier molecular flexibility index (Phi) is 5.19. The Morgan fingerprint density at radius 1 is 1.16 bits per heavy atom. The summed E-state index contributed by atoms with van der Waals surface area (Å²) in [5.74, 6) is 2.48. The summed E-state index contributed by atoms with van der Waals surface area (Å²) < 4.78 is 6.00. The minimum absolute atomic E-state index is 0.481. The molecule has 3 rings (SSSR count). The Labute approximate surface area is 152 Å². The van der Waals surface area contributed by atoms with Crippen LogP contribution >= 0.6 is 11.6 Å². The SMILES string of the molecule is CC(C)CN=C(N)c1ccc(Oc2ccnc3cc(Cl)ccc23)cc1. The smallest absolute Gasteiger partial charge is 0.138 e. The summed E-state index contributed by atoms with van der Waals surface area (Å²) in [5.41, 5.74) is 7.71. The quantitative estimate of drug-likeness (QED) is 0.516. The number of fused-ring (bicyclic) bond motifs is 1. The van der Waals surface area contributed by atoms with Crippen molar-refractivity contribution in [2.24, 2.45) is 16.6 Å². The van der Waals surface area contributed by atoms with Crippen LogP contribution in [0.5, 0.6) is 11.5 Å². The number of nitrogens with two attached hydrogens (primary N) is 1. The fourth-order valence-corrected chi connectivity index (χ4v) is 2.54. The monoisotopic (exact) mass is 353 g/mol. The molecule has 0 aliphatic heterocycles. The second kappa shape index (κ2) is 7.53. The van der Waals surface area contributed by atoms with Gasteiger partial charge >= 0.3 is 0 Å². The first kappa shape index (κ1) is 17.2. The molecule has 2 aromatic carbocycles. The van der Waals surface area contributed by atoms with E-state index in [4.69, 9.17) is 22.1 Å². The van der Waals surface area contributed by atoms with Crippen LogP contribution in [0.15, 0.2) is 59.7 Å². The molecular weight excluding hydrogens is 334 g/mol. The molecule has 25 heavy (non-hydrogen) atoms. The van der Waals surface area contributed by atoms with Gasteiger partial charge in [0.1, 0.15) is 17.3 Å². The highest BCUT2D eigenvalue weighted by Gasteiger charge is 2.06. The molecule has 3 aromatic rings. The van der Waals surface area contributed by atoms with Gasteiger partial charge < -0.3 is 10.5 Å². The summed E-state index contributed by atoms with van der Waals surface area (Å²) in [6, 6.07) is 15.0. The number of amidine groups is 1. The van der Waals surface area contributed by atoms with Crippen molar-refractivity contribution in [1.29, 1.82) is 0 Å².